The van der Waals surface area contributed by atoms with Gasteiger partial charge in [-0.1, -0.05) is 0 Å². The van der Waals surface area contributed by atoms with Crippen molar-refractivity contribution in [2.24, 2.45) is 23.7 Å². The van der Waals surface area contributed by atoms with Gasteiger partial charge in [0.05, 0.1) is 0 Å². The van der Waals surface area contributed by atoms with Crippen LogP contribution in [0.25, 0.3) is 0 Å². The number of nitrogens with one attached hydrogen (secondary N) is 1. The molecule has 4 saturated carbocycles. The summed E-state index contributed by atoms with van der Waals surface area (Å²) in [5.74, 6) is 2.25. The second-order valence-electron chi connectivity index (χ2n) is 6.71. The molecule has 110 valence electrons. The normalized spacial score (nSPS) is 42.5. The zero-order valence-electron chi connectivity index (χ0n) is 11.0. The highest BCUT2D eigenvalue weighted by atomic mass is 32.2. The summed E-state index contributed by atoms with van der Waals surface area (Å²) in [7, 11) is -4.21. The molecule has 0 heterocycles. The molecule has 4 aliphatic rings. The Bertz CT molecular complexity index is 411. The van der Waals surface area contributed by atoms with E-state index in [2.05, 4.69) is 5.32 Å². The number of halogens is 1. The van der Waals surface area contributed by atoms with Gasteiger partial charge in [0.1, 0.15) is 11.9 Å². The predicted octanol–water partition coefficient (Wildman–Crippen LogP) is 1.63. The van der Waals surface area contributed by atoms with E-state index in [1.54, 1.807) is 0 Å². The Labute approximate surface area is 113 Å². The summed E-state index contributed by atoms with van der Waals surface area (Å²) < 4.78 is 43.4. The average molecular weight is 291 g/mol. The van der Waals surface area contributed by atoms with Gasteiger partial charge in [0.15, 0.2) is 0 Å². The molecule has 0 aromatic rings. The summed E-state index contributed by atoms with van der Waals surface area (Å²) >= 11 is 0. The Hall–Kier alpha value is -0.200. The van der Waals surface area contributed by atoms with Crippen LogP contribution >= 0.6 is 0 Å². The first-order chi connectivity index (χ1) is 8.90. The molecule has 4 fully saturated rings. The van der Waals surface area contributed by atoms with Gasteiger partial charge < -0.3 is 5.32 Å². The quantitative estimate of drug-likeness (QED) is 0.756. The standard InChI is InChI=1S/C13H22FNO3S/c14-12(7-19(16,17)18)6-15-13-10-2-8-1-9(4-10)5-11(13)3-8/h8-13,15H,1-7H2,(H,16,17,18)/t8?,9?,10?,11?,12-,13?/m0/s1. The van der Waals surface area contributed by atoms with Gasteiger partial charge in [0, 0.05) is 12.6 Å². The maximum atomic E-state index is 13.5. The number of alkyl halides is 1. The fourth-order valence-electron chi connectivity index (χ4n) is 4.81. The molecule has 0 radical (unpaired) electrons. The molecule has 19 heavy (non-hydrogen) atoms. The van der Waals surface area contributed by atoms with E-state index in [-0.39, 0.29) is 6.54 Å². The van der Waals surface area contributed by atoms with Gasteiger partial charge in [-0.05, 0) is 55.8 Å². The lowest BCUT2D eigenvalue weighted by molar-refractivity contribution is -0.0150. The van der Waals surface area contributed by atoms with Crippen LogP contribution in [0.1, 0.15) is 32.1 Å². The predicted molar refractivity (Wildman–Crippen MR) is 70.1 cm³/mol. The fourth-order valence-corrected chi connectivity index (χ4v) is 5.38. The summed E-state index contributed by atoms with van der Waals surface area (Å²) in [6.07, 6.45) is 4.86. The zero-order chi connectivity index (χ0) is 13.6. The van der Waals surface area contributed by atoms with Gasteiger partial charge in [-0.25, -0.2) is 4.39 Å². The third-order valence-electron chi connectivity index (χ3n) is 5.19. The highest BCUT2D eigenvalue weighted by Crippen LogP contribution is 2.53. The highest BCUT2D eigenvalue weighted by molar-refractivity contribution is 7.85. The maximum absolute atomic E-state index is 13.5. The Morgan fingerprint density at radius 3 is 2.11 bits per heavy atom. The minimum absolute atomic E-state index is 0.0345. The highest BCUT2D eigenvalue weighted by Gasteiger charge is 2.47. The Morgan fingerprint density at radius 1 is 1.11 bits per heavy atom. The van der Waals surface area contributed by atoms with E-state index in [9.17, 15) is 12.8 Å². The number of hydrogen-bond acceptors (Lipinski definition) is 3. The van der Waals surface area contributed by atoms with Crippen molar-refractivity contribution in [3.05, 3.63) is 0 Å². The van der Waals surface area contributed by atoms with Crippen LogP contribution in [0.15, 0.2) is 0 Å². The fraction of sp³-hybridized carbons (Fsp3) is 1.00. The Morgan fingerprint density at radius 2 is 1.63 bits per heavy atom. The molecule has 1 atom stereocenters. The first-order valence-electron chi connectivity index (χ1n) is 7.23. The molecule has 2 N–H and O–H groups in total. The number of rotatable bonds is 5. The maximum Gasteiger partial charge on any atom is 0.267 e. The van der Waals surface area contributed by atoms with Gasteiger partial charge in [-0.3, -0.25) is 4.55 Å². The van der Waals surface area contributed by atoms with E-state index in [4.69, 9.17) is 4.55 Å². The third kappa shape index (κ3) is 3.11. The molecular formula is C13H22FNO3S. The van der Waals surface area contributed by atoms with Crippen LogP contribution in [0.5, 0.6) is 0 Å². The molecule has 6 heteroatoms. The van der Waals surface area contributed by atoms with Crippen molar-refractivity contribution in [1.29, 1.82) is 0 Å². The first kappa shape index (κ1) is 13.8. The molecule has 0 aromatic heterocycles. The summed E-state index contributed by atoms with van der Waals surface area (Å²) in [6, 6.07) is 0.354. The minimum Gasteiger partial charge on any atom is -0.311 e. The summed E-state index contributed by atoms with van der Waals surface area (Å²) in [5, 5.41) is 3.24. The molecule has 0 amide bonds. The van der Waals surface area contributed by atoms with Crippen molar-refractivity contribution in [3.8, 4) is 0 Å². The van der Waals surface area contributed by atoms with Crippen molar-refractivity contribution < 1.29 is 17.4 Å². The molecule has 4 nitrogen and oxygen atoms in total. The molecule has 4 bridgehead atoms. The monoisotopic (exact) mass is 291 g/mol. The van der Waals surface area contributed by atoms with E-state index in [1.807, 2.05) is 0 Å². The van der Waals surface area contributed by atoms with Crippen LogP contribution in [-0.4, -0.2) is 37.5 Å². The number of hydrogen-bond donors (Lipinski definition) is 2. The Kier molecular flexibility index (Phi) is 3.60. The molecule has 0 aliphatic heterocycles. The largest absolute Gasteiger partial charge is 0.311 e. The smallest absolute Gasteiger partial charge is 0.267 e. The first-order valence-corrected chi connectivity index (χ1v) is 8.84. The molecule has 4 rings (SSSR count). The summed E-state index contributed by atoms with van der Waals surface area (Å²) in [4.78, 5) is 0. The second kappa shape index (κ2) is 4.97. The van der Waals surface area contributed by atoms with E-state index in [0.29, 0.717) is 17.9 Å². The van der Waals surface area contributed by atoms with E-state index >= 15 is 0 Å². The van der Waals surface area contributed by atoms with Gasteiger partial charge in [-0.15, -0.1) is 0 Å². The van der Waals surface area contributed by atoms with Crippen LogP contribution in [0.4, 0.5) is 4.39 Å². The zero-order valence-corrected chi connectivity index (χ0v) is 11.8. The lowest BCUT2D eigenvalue weighted by atomic mass is 9.54. The molecule has 0 aromatic carbocycles. The van der Waals surface area contributed by atoms with Crippen molar-refractivity contribution in [1.82, 2.24) is 5.32 Å². The molecule has 4 aliphatic carbocycles. The Balaban J connectivity index is 1.53. The SMILES string of the molecule is O=S(=O)(O)C[C@@H](F)CNC1C2CC3CC(C2)CC1C3. The lowest BCUT2D eigenvalue weighted by Gasteiger charge is -2.54. The van der Waals surface area contributed by atoms with Crippen molar-refractivity contribution >= 4 is 10.1 Å². The molecular weight excluding hydrogens is 269 g/mol. The van der Waals surface area contributed by atoms with Crippen molar-refractivity contribution in [2.45, 2.75) is 44.3 Å². The lowest BCUT2D eigenvalue weighted by Crippen LogP contribution is -2.55. The van der Waals surface area contributed by atoms with Crippen LogP contribution in [0.3, 0.4) is 0 Å². The van der Waals surface area contributed by atoms with Crippen LogP contribution in [0, 0.1) is 23.7 Å². The van der Waals surface area contributed by atoms with E-state index < -0.39 is 22.0 Å². The van der Waals surface area contributed by atoms with Crippen LogP contribution < -0.4 is 5.32 Å². The van der Waals surface area contributed by atoms with Gasteiger partial charge in [-0.2, -0.15) is 8.42 Å². The van der Waals surface area contributed by atoms with Crippen molar-refractivity contribution in [3.63, 3.8) is 0 Å². The molecule has 0 saturated heterocycles. The summed E-state index contributed by atoms with van der Waals surface area (Å²) in [6.45, 7) is 0.0345. The molecule has 0 spiro atoms. The second-order valence-corrected chi connectivity index (χ2v) is 8.21. The van der Waals surface area contributed by atoms with E-state index in [1.165, 1.54) is 32.1 Å². The summed E-state index contributed by atoms with van der Waals surface area (Å²) in [5.41, 5.74) is 0. The topological polar surface area (TPSA) is 66.4 Å². The third-order valence-corrected chi connectivity index (χ3v) is 5.98. The molecule has 0 unspecified atom stereocenters. The van der Waals surface area contributed by atoms with Crippen LogP contribution in [0.2, 0.25) is 0 Å². The van der Waals surface area contributed by atoms with Gasteiger partial charge >= 0.3 is 0 Å². The minimum atomic E-state index is -4.21. The van der Waals surface area contributed by atoms with Crippen molar-refractivity contribution in [2.75, 3.05) is 12.3 Å². The van der Waals surface area contributed by atoms with Crippen LogP contribution in [-0.2, 0) is 10.1 Å². The van der Waals surface area contributed by atoms with Gasteiger partial charge in [0.2, 0.25) is 0 Å². The van der Waals surface area contributed by atoms with Gasteiger partial charge in [0.25, 0.3) is 10.1 Å². The van der Waals surface area contributed by atoms with E-state index in [0.717, 1.165) is 11.8 Å². The average Bonchev–Trinajstić information content (AvgIpc) is 2.24.